The maximum absolute atomic E-state index is 12.0. The Balaban J connectivity index is 1.95. The fraction of sp³-hybridized carbons (Fsp3) is 0.846. The highest BCUT2D eigenvalue weighted by Gasteiger charge is 2.49. The third kappa shape index (κ3) is 2.60. The molecule has 0 aromatic carbocycles. The lowest BCUT2D eigenvalue weighted by Gasteiger charge is -2.30. The fourth-order valence-corrected chi connectivity index (χ4v) is 2.81. The minimum atomic E-state index is -1.13. The first-order chi connectivity index (χ1) is 8.36. The van der Waals surface area contributed by atoms with Crippen LogP contribution in [0, 0.1) is 5.92 Å². The van der Waals surface area contributed by atoms with E-state index in [0.29, 0.717) is 0 Å². The molecule has 5 nitrogen and oxygen atoms in total. The second-order valence-corrected chi connectivity index (χ2v) is 6.13. The molecule has 2 aliphatic carbocycles. The predicted octanol–water partition coefficient (Wildman–Crippen LogP) is 1.87. The van der Waals surface area contributed by atoms with Crippen molar-refractivity contribution in [3.63, 3.8) is 0 Å². The average Bonchev–Trinajstić information content (AvgIpc) is 3.02. The van der Waals surface area contributed by atoms with Crippen molar-refractivity contribution in [2.75, 3.05) is 0 Å². The maximum atomic E-state index is 12.0. The molecule has 2 fully saturated rings. The van der Waals surface area contributed by atoms with E-state index in [1.807, 2.05) is 6.92 Å². The summed E-state index contributed by atoms with van der Waals surface area (Å²) in [6.07, 6.45) is 5.92. The Morgan fingerprint density at radius 3 is 2.28 bits per heavy atom. The maximum Gasteiger partial charge on any atom is 0.329 e. The molecule has 2 rings (SSSR count). The number of urea groups is 1. The molecule has 5 heteroatoms. The van der Waals surface area contributed by atoms with Gasteiger partial charge in [-0.2, -0.15) is 0 Å². The molecule has 0 radical (unpaired) electrons. The Labute approximate surface area is 107 Å². The number of rotatable bonds is 4. The minimum Gasteiger partial charge on any atom is -0.480 e. The highest BCUT2D eigenvalue weighted by Crippen LogP contribution is 2.39. The van der Waals surface area contributed by atoms with Crippen molar-refractivity contribution in [1.82, 2.24) is 10.6 Å². The van der Waals surface area contributed by atoms with Gasteiger partial charge in [-0.3, -0.25) is 0 Å². The van der Waals surface area contributed by atoms with Gasteiger partial charge in [-0.15, -0.1) is 0 Å². The molecule has 0 aromatic heterocycles. The predicted molar refractivity (Wildman–Crippen MR) is 67.3 cm³/mol. The van der Waals surface area contributed by atoms with Crippen molar-refractivity contribution in [3.8, 4) is 0 Å². The lowest BCUT2D eigenvalue weighted by Crippen LogP contribution is -2.59. The number of carbonyl (C=O) groups is 2. The van der Waals surface area contributed by atoms with Gasteiger partial charge in [0.2, 0.25) is 0 Å². The van der Waals surface area contributed by atoms with Crippen LogP contribution in [0.5, 0.6) is 0 Å². The number of nitrogens with one attached hydrogen (secondary N) is 2. The molecule has 18 heavy (non-hydrogen) atoms. The number of carboxylic acids is 1. The molecule has 2 amide bonds. The Kier molecular flexibility index (Phi) is 3.25. The van der Waals surface area contributed by atoms with Crippen LogP contribution in [0.15, 0.2) is 0 Å². The molecule has 2 aliphatic rings. The lowest BCUT2D eigenvalue weighted by atomic mass is 9.96. The molecule has 1 atom stereocenters. The number of hydrogen-bond donors (Lipinski definition) is 3. The van der Waals surface area contributed by atoms with Gasteiger partial charge in [-0.1, -0.05) is 12.8 Å². The highest BCUT2D eigenvalue weighted by atomic mass is 16.4. The molecular formula is C13H22N2O3. The van der Waals surface area contributed by atoms with Crippen LogP contribution in [0.4, 0.5) is 4.79 Å². The van der Waals surface area contributed by atoms with Gasteiger partial charge in [0, 0.05) is 5.54 Å². The van der Waals surface area contributed by atoms with E-state index in [9.17, 15) is 14.7 Å². The van der Waals surface area contributed by atoms with Gasteiger partial charge in [0.25, 0.3) is 0 Å². The lowest BCUT2D eigenvalue weighted by molar-refractivity contribution is -0.144. The number of carboxylic acid groups (broad SMARTS) is 1. The molecular weight excluding hydrogens is 232 g/mol. The monoisotopic (exact) mass is 254 g/mol. The Morgan fingerprint density at radius 2 is 1.83 bits per heavy atom. The van der Waals surface area contributed by atoms with Crippen LogP contribution in [0.25, 0.3) is 0 Å². The van der Waals surface area contributed by atoms with E-state index >= 15 is 0 Å². The molecule has 0 saturated heterocycles. The zero-order valence-corrected chi connectivity index (χ0v) is 11.1. The average molecular weight is 254 g/mol. The quantitative estimate of drug-likeness (QED) is 0.716. The molecule has 0 spiro atoms. The Bertz CT molecular complexity index is 359. The van der Waals surface area contributed by atoms with Crippen LogP contribution in [0.2, 0.25) is 0 Å². The first kappa shape index (κ1) is 13.2. The third-order valence-corrected chi connectivity index (χ3v) is 4.33. The summed E-state index contributed by atoms with van der Waals surface area (Å²) in [5.74, 6) is -0.881. The van der Waals surface area contributed by atoms with E-state index in [1.54, 1.807) is 6.92 Å². The van der Waals surface area contributed by atoms with Gasteiger partial charge in [-0.25, -0.2) is 9.59 Å². The van der Waals surface area contributed by atoms with Crippen LogP contribution in [-0.4, -0.2) is 28.2 Å². The molecule has 0 heterocycles. The van der Waals surface area contributed by atoms with E-state index in [2.05, 4.69) is 10.6 Å². The van der Waals surface area contributed by atoms with Crippen molar-refractivity contribution in [3.05, 3.63) is 0 Å². The van der Waals surface area contributed by atoms with E-state index < -0.39 is 11.5 Å². The summed E-state index contributed by atoms with van der Waals surface area (Å²) in [5.41, 5.74) is -1.30. The smallest absolute Gasteiger partial charge is 0.329 e. The van der Waals surface area contributed by atoms with E-state index in [1.165, 1.54) is 0 Å². The molecule has 102 valence electrons. The zero-order chi connectivity index (χ0) is 13.4. The van der Waals surface area contributed by atoms with Crippen LogP contribution in [0.1, 0.15) is 52.4 Å². The topological polar surface area (TPSA) is 78.4 Å². The summed E-state index contributed by atoms with van der Waals surface area (Å²) in [4.78, 5) is 23.3. The summed E-state index contributed by atoms with van der Waals surface area (Å²) in [5, 5.41) is 14.9. The number of hydrogen-bond acceptors (Lipinski definition) is 2. The van der Waals surface area contributed by atoms with Crippen molar-refractivity contribution in [2.24, 2.45) is 5.92 Å². The standard InChI is InChI=1S/C13H22N2O3/c1-12(7-3-4-8-12)14-11(18)15-13(2,10(16)17)9-5-6-9/h9H,3-8H2,1-2H3,(H,16,17)(H2,14,15,18). The van der Waals surface area contributed by atoms with Crippen LogP contribution in [-0.2, 0) is 4.79 Å². The zero-order valence-electron chi connectivity index (χ0n) is 11.1. The van der Waals surface area contributed by atoms with Crippen molar-refractivity contribution in [2.45, 2.75) is 63.5 Å². The minimum absolute atomic E-state index is 0.0668. The van der Waals surface area contributed by atoms with Crippen LogP contribution < -0.4 is 10.6 Å². The summed E-state index contributed by atoms with van der Waals surface area (Å²) in [7, 11) is 0. The highest BCUT2D eigenvalue weighted by molar-refractivity contribution is 5.86. The Hall–Kier alpha value is -1.26. The van der Waals surface area contributed by atoms with Gasteiger partial charge >= 0.3 is 12.0 Å². The van der Waals surface area contributed by atoms with Crippen molar-refractivity contribution >= 4 is 12.0 Å². The van der Waals surface area contributed by atoms with E-state index in [0.717, 1.165) is 38.5 Å². The fourth-order valence-electron chi connectivity index (χ4n) is 2.81. The molecule has 0 aromatic rings. The number of aliphatic carboxylic acids is 1. The SMILES string of the molecule is CC1(NC(=O)NC(C)(C(=O)O)C2CC2)CCCC1. The van der Waals surface area contributed by atoms with E-state index in [4.69, 9.17) is 0 Å². The van der Waals surface area contributed by atoms with Gasteiger partial charge < -0.3 is 15.7 Å². The van der Waals surface area contributed by atoms with E-state index in [-0.39, 0.29) is 17.5 Å². The van der Waals surface area contributed by atoms with Gasteiger partial charge in [0.1, 0.15) is 5.54 Å². The summed E-state index contributed by atoms with van der Waals surface area (Å²) < 4.78 is 0. The van der Waals surface area contributed by atoms with Crippen LogP contribution in [0.3, 0.4) is 0 Å². The molecule has 3 N–H and O–H groups in total. The van der Waals surface area contributed by atoms with Crippen molar-refractivity contribution in [1.29, 1.82) is 0 Å². The van der Waals surface area contributed by atoms with Crippen LogP contribution >= 0.6 is 0 Å². The number of carbonyl (C=O) groups excluding carboxylic acids is 1. The number of amides is 2. The van der Waals surface area contributed by atoms with Crippen molar-refractivity contribution < 1.29 is 14.7 Å². The first-order valence-corrected chi connectivity index (χ1v) is 6.69. The summed E-state index contributed by atoms with van der Waals surface area (Å²) >= 11 is 0. The second-order valence-electron chi connectivity index (χ2n) is 6.13. The third-order valence-electron chi connectivity index (χ3n) is 4.33. The van der Waals surface area contributed by atoms with Gasteiger partial charge in [0.05, 0.1) is 0 Å². The van der Waals surface area contributed by atoms with Gasteiger partial charge in [-0.05, 0) is 45.4 Å². The normalized spacial score (nSPS) is 25.2. The molecule has 1 unspecified atom stereocenters. The second kappa shape index (κ2) is 4.44. The van der Waals surface area contributed by atoms with Gasteiger partial charge in [0.15, 0.2) is 0 Å². The molecule has 2 saturated carbocycles. The molecule has 0 aliphatic heterocycles. The molecule has 0 bridgehead atoms. The Morgan fingerprint density at radius 1 is 1.28 bits per heavy atom. The summed E-state index contributed by atoms with van der Waals surface area (Å²) in [6.45, 7) is 3.62. The largest absolute Gasteiger partial charge is 0.480 e. The first-order valence-electron chi connectivity index (χ1n) is 6.69. The summed E-state index contributed by atoms with van der Waals surface area (Å²) in [6, 6.07) is -0.351.